The fourth-order valence-corrected chi connectivity index (χ4v) is 3.99. The molecule has 0 unspecified atom stereocenters. The van der Waals surface area contributed by atoms with Crippen LogP contribution >= 0.6 is 0 Å². The SMILES string of the molecule is CC(C)C1CCC(N2CCN(c3cnc(C#N)cn3)CC2)CC1. The number of nitriles is 1. The van der Waals surface area contributed by atoms with Gasteiger partial charge in [-0.15, -0.1) is 0 Å². The summed E-state index contributed by atoms with van der Waals surface area (Å²) in [6.07, 6.45) is 8.79. The maximum absolute atomic E-state index is 8.80. The van der Waals surface area contributed by atoms with Crippen LogP contribution in [0.4, 0.5) is 5.82 Å². The predicted molar refractivity (Wildman–Crippen MR) is 91.1 cm³/mol. The van der Waals surface area contributed by atoms with Crippen LogP contribution in [-0.2, 0) is 0 Å². The fourth-order valence-electron chi connectivity index (χ4n) is 3.99. The maximum atomic E-state index is 8.80. The Kier molecular flexibility index (Phi) is 5.12. The molecule has 1 aliphatic carbocycles. The van der Waals surface area contributed by atoms with E-state index >= 15 is 0 Å². The number of hydrogen-bond acceptors (Lipinski definition) is 5. The van der Waals surface area contributed by atoms with E-state index in [1.807, 2.05) is 6.07 Å². The van der Waals surface area contributed by atoms with Crippen LogP contribution in [0, 0.1) is 23.2 Å². The summed E-state index contributed by atoms with van der Waals surface area (Å²) in [5, 5.41) is 8.80. The van der Waals surface area contributed by atoms with E-state index in [-0.39, 0.29) is 0 Å². The summed E-state index contributed by atoms with van der Waals surface area (Å²) in [6, 6.07) is 2.80. The van der Waals surface area contributed by atoms with E-state index in [0.717, 1.165) is 49.9 Å². The second-order valence-corrected chi connectivity index (χ2v) is 7.21. The van der Waals surface area contributed by atoms with Crippen LogP contribution in [0.25, 0.3) is 0 Å². The van der Waals surface area contributed by atoms with Crippen LogP contribution in [0.2, 0.25) is 0 Å². The Balaban J connectivity index is 1.50. The van der Waals surface area contributed by atoms with Gasteiger partial charge in [0.2, 0.25) is 0 Å². The Hall–Kier alpha value is -1.67. The van der Waals surface area contributed by atoms with Gasteiger partial charge in [0.25, 0.3) is 0 Å². The van der Waals surface area contributed by atoms with E-state index < -0.39 is 0 Å². The smallest absolute Gasteiger partial charge is 0.158 e. The van der Waals surface area contributed by atoms with E-state index in [2.05, 4.69) is 33.6 Å². The Morgan fingerprint density at radius 2 is 1.74 bits per heavy atom. The van der Waals surface area contributed by atoms with Crippen molar-refractivity contribution in [1.29, 1.82) is 5.26 Å². The number of hydrogen-bond donors (Lipinski definition) is 0. The third-order valence-corrected chi connectivity index (χ3v) is 5.59. The summed E-state index contributed by atoms with van der Waals surface area (Å²) >= 11 is 0. The van der Waals surface area contributed by atoms with Gasteiger partial charge >= 0.3 is 0 Å². The van der Waals surface area contributed by atoms with Gasteiger partial charge in [-0.1, -0.05) is 13.8 Å². The van der Waals surface area contributed by atoms with Crippen LogP contribution in [0.3, 0.4) is 0 Å². The molecule has 0 aromatic carbocycles. The first-order valence-corrected chi connectivity index (χ1v) is 8.88. The Bertz CT molecular complexity index is 532. The molecular weight excluding hydrogens is 286 g/mol. The van der Waals surface area contributed by atoms with E-state index in [4.69, 9.17) is 5.26 Å². The number of aromatic nitrogens is 2. The number of rotatable bonds is 3. The van der Waals surface area contributed by atoms with Crippen LogP contribution in [0.5, 0.6) is 0 Å². The van der Waals surface area contributed by atoms with E-state index in [9.17, 15) is 0 Å². The average molecular weight is 313 g/mol. The molecule has 2 heterocycles. The van der Waals surface area contributed by atoms with Crippen molar-refractivity contribution < 1.29 is 0 Å². The van der Waals surface area contributed by atoms with Crippen LogP contribution < -0.4 is 4.90 Å². The van der Waals surface area contributed by atoms with Gasteiger partial charge in [-0.3, -0.25) is 4.90 Å². The lowest BCUT2D eigenvalue weighted by atomic mass is 9.79. The van der Waals surface area contributed by atoms with E-state index in [1.165, 1.54) is 25.7 Å². The molecule has 1 saturated heterocycles. The molecule has 0 atom stereocenters. The Labute approximate surface area is 139 Å². The number of anilines is 1. The Morgan fingerprint density at radius 3 is 2.26 bits per heavy atom. The van der Waals surface area contributed by atoms with Crippen LogP contribution in [0.15, 0.2) is 12.4 Å². The first kappa shape index (κ1) is 16.2. The highest BCUT2D eigenvalue weighted by Crippen LogP contribution is 2.32. The highest BCUT2D eigenvalue weighted by molar-refractivity contribution is 5.37. The van der Waals surface area contributed by atoms with E-state index in [1.54, 1.807) is 12.4 Å². The molecule has 0 amide bonds. The molecule has 2 fully saturated rings. The van der Waals surface area contributed by atoms with Crippen LogP contribution in [-0.4, -0.2) is 47.1 Å². The summed E-state index contributed by atoms with van der Waals surface area (Å²) in [5.74, 6) is 2.66. The topological polar surface area (TPSA) is 56.0 Å². The average Bonchev–Trinajstić information content (AvgIpc) is 2.62. The fraction of sp³-hybridized carbons (Fsp3) is 0.722. The summed E-state index contributed by atoms with van der Waals surface area (Å²) in [4.78, 5) is 13.4. The Morgan fingerprint density at radius 1 is 1.04 bits per heavy atom. The van der Waals surface area contributed by atoms with Crippen LogP contribution in [0.1, 0.15) is 45.2 Å². The van der Waals surface area contributed by atoms with Gasteiger partial charge in [-0.2, -0.15) is 5.26 Å². The van der Waals surface area contributed by atoms with Gasteiger partial charge in [0.1, 0.15) is 11.9 Å². The molecule has 0 bridgehead atoms. The predicted octanol–water partition coefficient (Wildman–Crippen LogP) is 2.69. The lowest BCUT2D eigenvalue weighted by Crippen LogP contribution is -2.51. The third-order valence-electron chi connectivity index (χ3n) is 5.59. The van der Waals surface area contributed by atoms with Gasteiger partial charge in [-0.05, 0) is 37.5 Å². The third kappa shape index (κ3) is 3.81. The normalized spacial score (nSPS) is 26.3. The molecule has 2 aliphatic rings. The zero-order chi connectivity index (χ0) is 16.2. The quantitative estimate of drug-likeness (QED) is 0.859. The van der Waals surface area contributed by atoms with Crippen molar-refractivity contribution in [2.24, 2.45) is 11.8 Å². The standard InChI is InChI=1S/C18H27N5/c1-14(2)15-3-5-17(6-4-15)22-7-9-23(10-8-22)18-13-20-16(11-19)12-21-18/h12-15,17H,3-10H2,1-2H3. The second-order valence-electron chi connectivity index (χ2n) is 7.21. The molecular formula is C18H27N5. The minimum atomic E-state index is 0.384. The minimum absolute atomic E-state index is 0.384. The minimum Gasteiger partial charge on any atom is -0.353 e. The van der Waals surface area contributed by atoms with Crippen molar-refractivity contribution >= 4 is 5.82 Å². The maximum Gasteiger partial charge on any atom is 0.158 e. The van der Waals surface area contributed by atoms with Gasteiger partial charge in [0.05, 0.1) is 12.4 Å². The van der Waals surface area contributed by atoms with Crippen molar-refractivity contribution in [3.63, 3.8) is 0 Å². The molecule has 124 valence electrons. The number of nitrogens with zero attached hydrogens (tertiary/aromatic N) is 5. The summed E-state index contributed by atoms with van der Waals surface area (Å²) in [5.41, 5.74) is 0.384. The largest absolute Gasteiger partial charge is 0.353 e. The lowest BCUT2D eigenvalue weighted by Gasteiger charge is -2.42. The van der Waals surface area contributed by atoms with Crippen molar-refractivity contribution in [2.45, 2.75) is 45.6 Å². The molecule has 5 heteroatoms. The van der Waals surface area contributed by atoms with Gasteiger partial charge in [-0.25, -0.2) is 9.97 Å². The molecule has 1 saturated carbocycles. The van der Waals surface area contributed by atoms with Crippen molar-refractivity contribution in [3.8, 4) is 6.07 Å². The van der Waals surface area contributed by atoms with Gasteiger partial charge < -0.3 is 4.90 Å². The molecule has 5 nitrogen and oxygen atoms in total. The monoisotopic (exact) mass is 313 g/mol. The first-order chi connectivity index (χ1) is 11.2. The highest BCUT2D eigenvalue weighted by Gasteiger charge is 2.29. The van der Waals surface area contributed by atoms with E-state index in [0.29, 0.717) is 5.69 Å². The van der Waals surface area contributed by atoms with Gasteiger partial charge in [0, 0.05) is 32.2 Å². The molecule has 1 aromatic heterocycles. The lowest BCUT2D eigenvalue weighted by molar-refractivity contribution is 0.117. The first-order valence-electron chi connectivity index (χ1n) is 8.88. The molecule has 0 radical (unpaired) electrons. The summed E-state index contributed by atoms with van der Waals surface area (Å²) in [7, 11) is 0. The highest BCUT2D eigenvalue weighted by atomic mass is 15.3. The zero-order valence-electron chi connectivity index (χ0n) is 14.3. The summed E-state index contributed by atoms with van der Waals surface area (Å²) < 4.78 is 0. The summed E-state index contributed by atoms with van der Waals surface area (Å²) in [6.45, 7) is 8.96. The number of piperazine rings is 1. The molecule has 1 aliphatic heterocycles. The second kappa shape index (κ2) is 7.27. The molecule has 3 rings (SSSR count). The van der Waals surface area contributed by atoms with Crippen molar-refractivity contribution in [1.82, 2.24) is 14.9 Å². The van der Waals surface area contributed by atoms with Crippen molar-refractivity contribution in [3.05, 3.63) is 18.1 Å². The zero-order valence-corrected chi connectivity index (χ0v) is 14.3. The van der Waals surface area contributed by atoms with Gasteiger partial charge in [0.15, 0.2) is 5.69 Å². The molecule has 0 spiro atoms. The van der Waals surface area contributed by atoms with Crippen molar-refractivity contribution in [2.75, 3.05) is 31.1 Å². The molecule has 1 aromatic rings. The molecule has 23 heavy (non-hydrogen) atoms. The molecule has 0 N–H and O–H groups in total.